The van der Waals surface area contributed by atoms with Crippen molar-refractivity contribution in [2.24, 2.45) is 0 Å². The van der Waals surface area contributed by atoms with Crippen molar-refractivity contribution in [3.63, 3.8) is 0 Å². The second-order valence-electron chi connectivity index (χ2n) is 7.32. The third kappa shape index (κ3) is 5.35. The van der Waals surface area contributed by atoms with E-state index in [-0.39, 0.29) is 6.10 Å². The number of hydrogen-bond acceptors (Lipinski definition) is 6. The number of aliphatic hydroxyl groups is 1. The van der Waals surface area contributed by atoms with Gasteiger partial charge in [0.05, 0.1) is 24.3 Å². The van der Waals surface area contributed by atoms with Crippen LogP contribution in [0, 0.1) is 11.3 Å². The first-order valence-electron chi connectivity index (χ1n) is 9.81. The van der Waals surface area contributed by atoms with E-state index in [0.29, 0.717) is 36.1 Å². The molecule has 0 aromatic heterocycles. The zero-order chi connectivity index (χ0) is 20.7. The molecule has 0 radical (unpaired) electrons. The summed E-state index contributed by atoms with van der Waals surface area (Å²) in [6.07, 6.45) is 2.22. The smallest absolute Gasteiger partial charge is 0.337 e. The molecule has 1 unspecified atom stereocenters. The molecule has 2 N–H and O–H groups in total. The molecule has 0 saturated carbocycles. The number of ether oxygens (including phenoxy) is 2. The molecule has 1 aliphatic rings. The molecule has 29 heavy (non-hydrogen) atoms. The number of nitrogens with one attached hydrogen (secondary N) is 1. The van der Waals surface area contributed by atoms with Gasteiger partial charge in [-0.2, -0.15) is 5.26 Å². The highest BCUT2D eigenvalue weighted by molar-refractivity contribution is 5.89. The van der Waals surface area contributed by atoms with Gasteiger partial charge in [0.2, 0.25) is 0 Å². The van der Waals surface area contributed by atoms with Gasteiger partial charge in [-0.25, -0.2) is 4.79 Å². The molecule has 0 aliphatic carbocycles. The molecule has 1 heterocycles. The third-order valence-electron chi connectivity index (χ3n) is 5.40. The summed E-state index contributed by atoms with van der Waals surface area (Å²) >= 11 is 0. The van der Waals surface area contributed by atoms with Crippen LogP contribution in [0.2, 0.25) is 0 Å². The first-order chi connectivity index (χ1) is 14.0. The minimum absolute atomic E-state index is 0.385. The highest BCUT2D eigenvalue weighted by atomic mass is 16.5. The molecular weight excluding hydrogens is 368 g/mol. The van der Waals surface area contributed by atoms with E-state index in [4.69, 9.17) is 14.7 Å². The van der Waals surface area contributed by atoms with Crippen molar-refractivity contribution in [2.45, 2.75) is 37.4 Å². The van der Waals surface area contributed by atoms with Crippen LogP contribution in [0.4, 0.5) is 0 Å². The van der Waals surface area contributed by atoms with Crippen LogP contribution in [0.1, 0.15) is 40.7 Å². The molecule has 2 aromatic rings. The fourth-order valence-corrected chi connectivity index (χ4v) is 3.61. The van der Waals surface area contributed by atoms with Crippen LogP contribution < -0.4 is 10.1 Å². The molecule has 1 aliphatic heterocycles. The maximum absolute atomic E-state index is 11.6. The zero-order valence-corrected chi connectivity index (χ0v) is 16.6. The van der Waals surface area contributed by atoms with Crippen molar-refractivity contribution in [2.75, 3.05) is 20.2 Å². The van der Waals surface area contributed by atoms with E-state index in [1.165, 1.54) is 7.11 Å². The average molecular weight is 394 g/mol. The van der Waals surface area contributed by atoms with E-state index < -0.39 is 11.6 Å². The molecule has 1 fully saturated rings. The predicted octanol–water partition coefficient (Wildman–Crippen LogP) is 2.84. The molecule has 6 nitrogen and oxygen atoms in total. The fraction of sp³-hybridized carbons (Fsp3) is 0.391. The second kappa shape index (κ2) is 9.55. The average Bonchev–Trinajstić information content (AvgIpc) is 2.77. The summed E-state index contributed by atoms with van der Waals surface area (Å²) in [5.74, 6) is 0.209. The lowest BCUT2D eigenvalue weighted by molar-refractivity contribution is -0.0834. The lowest BCUT2D eigenvalue weighted by Gasteiger charge is -2.39. The van der Waals surface area contributed by atoms with E-state index >= 15 is 0 Å². The number of rotatable bonds is 7. The third-order valence-corrected chi connectivity index (χ3v) is 5.40. The summed E-state index contributed by atoms with van der Waals surface area (Å²) in [7, 11) is 1.35. The van der Waals surface area contributed by atoms with E-state index in [2.05, 4.69) is 11.4 Å². The number of aryl methyl sites for hydroxylation is 1. The number of nitriles is 1. The van der Waals surface area contributed by atoms with E-state index in [9.17, 15) is 9.90 Å². The van der Waals surface area contributed by atoms with Crippen LogP contribution >= 0.6 is 0 Å². The Morgan fingerprint density at radius 2 is 1.83 bits per heavy atom. The van der Waals surface area contributed by atoms with Crippen molar-refractivity contribution in [3.8, 4) is 11.8 Å². The SMILES string of the molecule is COC(=O)c1ccc(OC(CCc2ccc(C#N)cc2)C2(O)CCNCC2)cc1. The molecular formula is C23H26N2O4. The first kappa shape index (κ1) is 20.8. The number of benzene rings is 2. The minimum atomic E-state index is -0.918. The van der Waals surface area contributed by atoms with Gasteiger partial charge in [0.1, 0.15) is 17.5 Å². The maximum Gasteiger partial charge on any atom is 0.337 e. The Hall–Kier alpha value is -2.88. The standard InChI is InChI=1S/C23H26N2O4/c1-28-22(26)19-7-9-20(10-8-19)29-21(23(27)12-14-25-15-13-23)11-6-17-2-4-18(16-24)5-3-17/h2-5,7-10,21,25,27H,6,11-15H2,1H3. The Bertz CT molecular complexity index is 850. The quantitative estimate of drug-likeness (QED) is 0.702. The van der Waals surface area contributed by atoms with E-state index in [1.807, 2.05) is 12.1 Å². The van der Waals surface area contributed by atoms with Crippen molar-refractivity contribution in [1.82, 2.24) is 5.32 Å². The van der Waals surface area contributed by atoms with Gasteiger partial charge in [-0.05, 0) is 80.7 Å². The normalized spacial score (nSPS) is 16.4. The van der Waals surface area contributed by atoms with Gasteiger partial charge < -0.3 is 19.9 Å². The van der Waals surface area contributed by atoms with Crippen molar-refractivity contribution in [1.29, 1.82) is 5.26 Å². The number of carbonyl (C=O) groups excluding carboxylic acids is 1. The highest BCUT2D eigenvalue weighted by Gasteiger charge is 2.39. The zero-order valence-electron chi connectivity index (χ0n) is 16.6. The van der Waals surface area contributed by atoms with E-state index in [1.54, 1.807) is 36.4 Å². The van der Waals surface area contributed by atoms with Gasteiger partial charge in [0, 0.05) is 0 Å². The molecule has 0 spiro atoms. The lowest BCUT2D eigenvalue weighted by Crippen LogP contribution is -2.52. The molecule has 0 bridgehead atoms. The summed E-state index contributed by atoms with van der Waals surface area (Å²) in [6, 6.07) is 16.4. The first-order valence-corrected chi connectivity index (χ1v) is 9.81. The molecule has 152 valence electrons. The molecule has 2 aromatic carbocycles. The Labute approximate surface area is 171 Å². The van der Waals surface area contributed by atoms with Gasteiger partial charge in [-0.15, -0.1) is 0 Å². The number of carbonyl (C=O) groups is 1. The van der Waals surface area contributed by atoms with Crippen molar-refractivity contribution < 1.29 is 19.4 Å². The summed E-state index contributed by atoms with van der Waals surface area (Å²) in [5.41, 5.74) is 1.26. The van der Waals surface area contributed by atoms with Crippen molar-refractivity contribution >= 4 is 5.97 Å². The van der Waals surface area contributed by atoms with Gasteiger partial charge in [0.15, 0.2) is 0 Å². The fourth-order valence-electron chi connectivity index (χ4n) is 3.61. The predicted molar refractivity (Wildman–Crippen MR) is 109 cm³/mol. The van der Waals surface area contributed by atoms with Crippen LogP contribution in [-0.2, 0) is 11.2 Å². The van der Waals surface area contributed by atoms with E-state index in [0.717, 1.165) is 25.1 Å². The summed E-state index contributed by atoms with van der Waals surface area (Å²) in [4.78, 5) is 11.6. The molecule has 1 saturated heterocycles. The summed E-state index contributed by atoms with van der Waals surface area (Å²) < 4.78 is 10.9. The Morgan fingerprint density at radius 3 is 2.41 bits per heavy atom. The number of hydrogen-bond donors (Lipinski definition) is 2. The highest BCUT2D eigenvalue weighted by Crippen LogP contribution is 2.30. The Kier molecular flexibility index (Phi) is 6.86. The van der Waals surface area contributed by atoms with Gasteiger partial charge in [-0.3, -0.25) is 0 Å². The van der Waals surface area contributed by atoms with Crippen LogP contribution in [0.3, 0.4) is 0 Å². The number of nitrogens with zero attached hydrogens (tertiary/aromatic N) is 1. The van der Waals surface area contributed by atoms with Crippen LogP contribution in [0.15, 0.2) is 48.5 Å². The number of piperidine rings is 1. The topological polar surface area (TPSA) is 91.6 Å². The molecule has 1 atom stereocenters. The van der Waals surface area contributed by atoms with Crippen LogP contribution in [0.5, 0.6) is 5.75 Å². The monoisotopic (exact) mass is 394 g/mol. The summed E-state index contributed by atoms with van der Waals surface area (Å²) in [5, 5.41) is 23.5. The van der Waals surface area contributed by atoms with Gasteiger partial charge in [0.25, 0.3) is 0 Å². The van der Waals surface area contributed by atoms with Gasteiger partial charge >= 0.3 is 5.97 Å². The number of esters is 1. The Morgan fingerprint density at radius 1 is 1.17 bits per heavy atom. The minimum Gasteiger partial charge on any atom is -0.487 e. The lowest BCUT2D eigenvalue weighted by atomic mass is 9.84. The molecule has 0 amide bonds. The Balaban J connectivity index is 1.73. The summed E-state index contributed by atoms with van der Waals surface area (Å²) in [6.45, 7) is 1.49. The second-order valence-corrected chi connectivity index (χ2v) is 7.32. The maximum atomic E-state index is 11.6. The van der Waals surface area contributed by atoms with Crippen LogP contribution in [0.25, 0.3) is 0 Å². The van der Waals surface area contributed by atoms with Crippen molar-refractivity contribution in [3.05, 3.63) is 65.2 Å². The largest absolute Gasteiger partial charge is 0.487 e. The molecule has 3 rings (SSSR count). The number of methoxy groups -OCH3 is 1. The van der Waals surface area contributed by atoms with Gasteiger partial charge in [-0.1, -0.05) is 12.1 Å². The molecule has 6 heteroatoms. The van der Waals surface area contributed by atoms with Crippen LogP contribution in [-0.4, -0.2) is 43.0 Å².